The predicted molar refractivity (Wildman–Crippen MR) is 62.8 cm³/mol. The molecule has 0 aromatic heterocycles. The van der Waals surface area contributed by atoms with Gasteiger partial charge in [-0.1, -0.05) is 32.0 Å². The number of benzene rings is 1. The van der Waals surface area contributed by atoms with Gasteiger partial charge in [-0.05, 0) is 29.5 Å². The highest BCUT2D eigenvalue weighted by molar-refractivity contribution is 5.34. The molecule has 0 saturated heterocycles. The van der Waals surface area contributed by atoms with E-state index in [9.17, 15) is 10.2 Å². The normalized spacial score (nSPS) is 11.8. The number of hydrogen-bond donors (Lipinski definition) is 3. The van der Waals surface area contributed by atoms with E-state index >= 15 is 0 Å². The van der Waals surface area contributed by atoms with Gasteiger partial charge in [0.1, 0.15) is 0 Å². The van der Waals surface area contributed by atoms with Crippen LogP contribution in [-0.4, -0.2) is 15.3 Å². The Bertz CT molecular complexity index is 343. The van der Waals surface area contributed by atoms with E-state index in [1.165, 1.54) is 0 Å². The van der Waals surface area contributed by atoms with Crippen LogP contribution in [0.2, 0.25) is 0 Å². The highest BCUT2D eigenvalue weighted by Gasteiger charge is 2.25. The van der Waals surface area contributed by atoms with E-state index in [2.05, 4.69) is 0 Å². The van der Waals surface area contributed by atoms with E-state index in [0.29, 0.717) is 24.0 Å². The van der Waals surface area contributed by atoms with Gasteiger partial charge in [-0.25, -0.2) is 0 Å². The molecule has 0 heterocycles. The highest BCUT2D eigenvalue weighted by Crippen LogP contribution is 2.29. The number of aliphatic hydroxyl groups is 3. The predicted octanol–water partition coefficient (Wildman–Crippen LogP) is 1.68. The van der Waals surface area contributed by atoms with Crippen LogP contribution < -0.4 is 0 Å². The van der Waals surface area contributed by atoms with Crippen molar-refractivity contribution < 1.29 is 15.3 Å². The molecule has 1 aromatic rings. The summed E-state index contributed by atoms with van der Waals surface area (Å²) in [5.74, 6) is 0. The zero-order chi connectivity index (χ0) is 12.2. The quantitative estimate of drug-likeness (QED) is 0.713. The Balaban J connectivity index is 3.16. The van der Waals surface area contributed by atoms with Crippen LogP contribution in [0.4, 0.5) is 0 Å². The zero-order valence-corrected chi connectivity index (χ0v) is 9.90. The van der Waals surface area contributed by atoms with Gasteiger partial charge >= 0.3 is 0 Å². The van der Waals surface area contributed by atoms with Crippen molar-refractivity contribution in [2.24, 2.45) is 0 Å². The molecule has 16 heavy (non-hydrogen) atoms. The molecule has 0 bridgehead atoms. The van der Waals surface area contributed by atoms with Crippen LogP contribution in [0.15, 0.2) is 18.2 Å². The molecule has 0 aliphatic heterocycles. The molecule has 90 valence electrons. The van der Waals surface area contributed by atoms with Crippen molar-refractivity contribution in [3.63, 3.8) is 0 Å². The smallest absolute Gasteiger partial charge is 0.0891 e. The van der Waals surface area contributed by atoms with E-state index < -0.39 is 5.60 Å². The molecular weight excluding hydrogens is 204 g/mol. The van der Waals surface area contributed by atoms with Crippen molar-refractivity contribution in [1.29, 1.82) is 0 Å². The lowest BCUT2D eigenvalue weighted by molar-refractivity contribution is 0.0282. The Hall–Kier alpha value is -0.900. The molecule has 0 spiro atoms. The molecule has 0 saturated carbocycles. The molecule has 3 nitrogen and oxygen atoms in total. The van der Waals surface area contributed by atoms with Gasteiger partial charge in [0.05, 0.1) is 18.8 Å². The third-order valence-corrected chi connectivity index (χ3v) is 3.25. The van der Waals surface area contributed by atoms with Crippen molar-refractivity contribution in [3.05, 3.63) is 34.9 Å². The van der Waals surface area contributed by atoms with Crippen LogP contribution in [0.1, 0.15) is 43.4 Å². The minimum atomic E-state index is -0.835. The van der Waals surface area contributed by atoms with E-state index in [1.54, 1.807) is 12.1 Å². The van der Waals surface area contributed by atoms with Crippen molar-refractivity contribution in [3.8, 4) is 0 Å². The summed E-state index contributed by atoms with van der Waals surface area (Å²) >= 11 is 0. The molecule has 0 amide bonds. The van der Waals surface area contributed by atoms with Gasteiger partial charge in [-0.3, -0.25) is 0 Å². The molecule has 0 aliphatic carbocycles. The Morgan fingerprint density at radius 2 is 1.56 bits per heavy atom. The molecule has 0 fully saturated rings. The second-order valence-corrected chi connectivity index (χ2v) is 4.04. The summed E-state index contributed by atoms with van der Waals surface area (Å²) in [7, 11) is 0. The van der Waals surface area contributed by atoms with E-state index in [0.717, 1.165) is 5.56 Å². The van der Waals surface area contributed by atoms with Crippen LogP contribution in [0.5, 0.6) is 0 Å². The topological polar surface area (TPSA) is 60.7 Å². The zero-order valence-electron chi connectivity index (χ0n) is 9.90. The van der Waals surface area contributed by atoms with Gasteiger partial charge in [0, 0.05) is 0 Å². The monoisotopic (exact) mass is 224 g/mol. The first-order valence-corrected chi connectivity index (χ1v) is 5.67. The van der Waals surface area contributed by atoms with Crippen molar-refractivity contribution >= 4 is 0 Å². The number of rotatable bonds is 5. The van der Waals surface area contributed by atoms with Crippen LogP contribution in [0, 0.1) is 0 Å². The third kappa shape index (κ3) is 2.43. The summed E-state index contributed by atoms with van der Waals surface area (Å²) < 4.78 is 0. The minimum Gasteiger partial charge on any atom is -0.392 e. The summed E-state index contributed by atoms with van der Waals surface area (Å²) in [4.78, 5) is 0. The average molecular weight is 224 g/mol. The van der Waals surface area contributed by atoms with Gasteiger partial charge in [0.15, 0.2) is 0 Å². The van der Waals surface area contributed by atoms with Crippen LogP contribution in [0.3, 0.4) is 0 Å². The molecule has 0 atom stereocenters. The molecule has 1 aromatic carbocycles. The van der Waals surface area contributed by atoms with E-state index in [-0.39, 0.29) is 13.2 Å². The van der Waals surface area contributed by atoms with Gasteiger partial charge in [-0.2, -0.15) is 0 Å². The average Bonchev–Trinajstić information content (AvgIpc) is 2.36. The van der Waals surface area contributed by atoms with Crippen LogP contribution in [0.25, 0.3) is 0 Å². The fourth-order valence-corrected chi connectivity index (χ4v) is 1.88. The Morgan fingerprint density at radius 3 is 2.00 bits per heavy atom. The Kier molecular flexibility index (Phi) is 4.47. The van der Waals surface area contributed by atoms with Crippen LogP contribution in [-0.2, 0) is 18.8 Å². The van der Waals surface area contributed by atoms with Crippen LogP contribution >= 0.6 is 0 Å². The van der Waals surface area contributed by atoms with Gasteiger partial charge in [0.2, 0.25) is 0 Å². The maximum Gasteiger partial charge on any atom is 0.0891 e. The lowest BCUT2D eigenvalue weighted by Gasteiger charge is -2.26. The van der Waals surface area contributed by atoms with Crippen molar-refractivity contribution in [2.45, 2.75) is 45.5 Å². The van der Waals surface area contributed by atoms with Crippen molar-refractivity contribution in [1.82, 2.24) is 0 Å². The maximum atomic E-state index is 10.3. The first-order valence-electron chi connectivity index (χ1n) is 5.67. The SMILES string of the molecule is CCC(O)(CC)c1ccc(CO)c(CO)c1. The number of aliphatic hydroxyl groups excluding tert-OH is 2. The lowest BCUT2D eigenvalue weighted by Crippen LogP contribution is -2.23. The fourth-order valence-electron chi connectivity index (χ4n) is 1.88. The Morgan fingerprint density at radius 1 is 1.00 bits per heavy atom. The summed E-state index contributed by atoms with van der Waals surface area (Å²) in [6.07, 6.45) is 1.26. The van der Waals surface area contributed by atoms with Gasteiger partial charge in [-0.15, -0.1) is 0 Å². The lowest BCUT2D eigenvalue weighted by atomic mass is 9.87. The maximum absolute atomic E-state index is 10.3. The standard InChI is InChI=1S/C13H20O3/c1-3-13(16,4-2)12-6-5-10(8-14)11(7-12)9-15/h5-7,14-16H,3-4,8-9H2,1-2H3. The van der Waals surface area contributed by atoms with Gasteiger partial charge < -0.3 is 15.3 Å². The Labute approximate surface area is 96.4 Å². The molecule has 1 rings (SSSR count). The largest absolute Gasteiger partial charge is 0.392 e. The molecule has 3 heteroatoms. The van der Waals surface area contributed by atoms with Gasteiger partial charge in [0.25, 0.3) is 0 Å². The second kappa shape index (κ2) is 5.43. The molecule has 3 N–H and O–H groups in total. The minimum absolute atomic E-state index is 0.0904. The fraction of sp³-hybridized carbons (Fsp3) is 0.538. The summed E-state index contributed by atoms with van der Waals surface area (Å²) in [6, 6.07) is 5.35. The molecule has 0 aliphatic rings. The highest BCUT2D eigenvalue weighted by atomic mass is 16.3. The summed E-state index contributed by atoms with van der Waals surface area (Å²) in [6.45, 7) is 3.66. The first kappa shape index (κ1) is 13.2. The summed E-state index contributed by atoms with van der Waals surface area (Å²) in [5.41, 5.74) is 1.36. The summed E-state index contributed by atoms with van der Waals surface area (Å²) in [5, 5.41) is 28.6. The first-order chi connectivity index (χ1) is 7.61. The van der Waals surface area contributed by atoms with E-state index in [4.69, 9.17) is 5.11 Å². The molecule has 0 radical (unpaired) electrons. The third-order valence-electron chi connectivity index (χ3n) is 3.25. The van der Waals surface area contributed by atoms with Crippen molar-refractivity contribution in [2.75, 3.05) is 0 Å². The van der Waals surface area contributed by atoms with E-state index in [1.807, 2.05) is 19.9 Å². The molecular formula is C13H20O3. The number of hydrogen-bond acceptors (Lipinski definition) is 3. The second-order valence-electron chi connectivity index (χ2n) is 4.04. The molecule has 0 unspecified atom stereocenters.